The van der Waals surface area contributed by atoms with E-state index in [-0.39, 0.29) is 11.8 Å². The van der Waals surface area contributed by atoms with Crippen molar-refractivity contribution in [3.63, 3.8) is 0 Å². The monoisotopic (exact) mass is 482 g/mol. The van der Waals surface area contributed by atoms with Gasteiger partial charge in [0.2, 0.25) is 5.91 Å². The van der Waals surface area contributed by atoms with E-state index in [4.69, 9.17) is 9.47 Å². The molecule has 1 atom stereocenters. The van der Waals surface area contributed by atoms with Crippen LogP contribution in [0.3, 0.4) is 0 Å². The summed E-state index contributed by atoms with van der Waals surface area (Å²) in [7, 11) is 3.28. The second-order valence-electron chi connectivity index (χ2n) is 9.67. The quantitative estimate of drug-likeness (QED) is 0.326. The van der Waals surface area contributed by atoms with Crippen molar-refractivity contribution in [1.82, 2.24) is 9.88 Å². The highest BCUT2D eigenvalue weighted by Gasteiger charge is 2.28. The number of ether oxygens (including phenoxy) is 2. The molecule has 1 amide bonds. The van der Waals surface area contributed by atoms with E-state index < -0.39 is 0 Å². The van der Waals surface area contributed by atoms with Gasteiger partial charge < -0.3 is 19.4 Å². The molecule has 1 fully saturated rings. The number of H-pyrrole nitrogens is 1. The van der Waals surface area contributed by atoms with Crippen LogP contribution in [-0.2, 0) is 11.2 Å². The lowest BCUT2D eigenvalue weighted by Gasteiger charge is -2.33. The highest BCUT2D eigenvalue weighted by molar-refractivity contribution is 5.86. The van der Waals surface area contributed by atoms with Crippen LogP contribution in [-0.4, -0.2) is 43.1 Å². The maximum absolute atomic E-state index is 13.6. The number of aromatic amines is 1. The summed E-state index contributed by atoms with van der Waals surface area (Å²) >= 11 is 0. The van der Waals surface area contributed by atoms with Crippen LogP contribution in [0.1, 0.15) is 41.9 Å². The van der Waals surface area contributed by atoms with Crippen molar-refractivity contribution in [2.75, 3.05) is 27.3 Å². The van der Waals surface area contributed by atoms with Crippen molar-refractivity contribution in [3.05, 3.63) is 95.7 Å². The summed E-state index contributed by atoms with van der Waals surface area (Å²) in [6.07, 6.45) is 5.65. The lowest BCUT2D eigenvalue weighted by Crippen LogP contribution is -2.39. The zero-order valence-electron chi connectivity index (χ0n) is 21.1. The molecule has 1 aliphatic heterocycles. The van der Waals surface area contributed by atoms with E-state index >= 15 is 0 Å². The molecule has 3 aromatic carbocycles. The largest absolute Gasteiger partial charge is 0.493 e. The minimum absolute atomic E-state index is 0.0875. The van der Waals surface area contributed by atoms with E-state index in [1.807, 2.05) is 36.5 Å². The first-order chi connectivity index (χ1) is 17.7. The maximum atomic E-state index is 13.6. The number of carbonyl (C=O) groups excluding carboxylic acids is 1. The second-order valence-corrected chi connectivity index (χ2v) is 9.67. The van der Waals surface area contributed by atoms with Crippen LogP contribution < -0.4 is 9.47 Å². The molecule has 4 aromatic rings. The van der Waals surface area contributed by atoms with E-state index in [0.717, 1.165) is 54.4 Å². The number of hydrogen-bond donors (Lipinski definition) is 1. The van der Waals surface area contributed by atoms with Gasteiger partial charge in [-0.25, -0.2) is 0 Å². The zero-order valence-corrected chi connectivity index (χ0v) is 21.1. The predicted octanol–water partition coefficient (Wildman–Crippen LogP) is 6.19. The Kier molecular flexibility index (Phi) is 7.26. The molecule has 1 aliphatic rings. The molecule has 1 unspecified atom stereocenters. The Bertz CT molecular complexity index is 1310. The van der Waals surface area contributed by atoms with Gasteiger partial charge in [-0.15, -0.1) is 0 Å². The number of fused-ring (bicyclic) bond motifs is 1. The van der Waals surface area contributed by atoms with Crippen molar-refractivity contribution in [3.8, 4) is 11.5 Å². The topological polar surface area (TPSA) is 54.6 Å². The molecule has 2 heterocycles. The molecule has 5 heteroatoms. The normalized spacial score (nSPS) is 15.1. The number of aromatic nitrogens is 1. The molecule has 1 saturated heterocycles. The second kappa shape index (κ2) is 10.9. The van der Waals surface area contributed by atoms with Gasteiger partial charge in [-0.3, -0.25) is 4.79 Å². The highest BCUT2D eigenvalue weighted by Crippen LogP contribution is 2.38. The predicted molar refractivity (Wildman–Crippen MR) is 144 cm³/mol. The van der Waals surface area contributed by atoms with Gasteiger partial charge in [0, 0.05) is 42.5 Å². The third kappa shape index (κ3) is 5.11. The first-order valence-corrected chi connectivity index (χ1v) is 12.8. The molecule has 0 aliphatic carbocycles. The summed E-state index contributed by atoms with van der Waals surface area (Å²) < 4.78 is 11.0. The van der Waals surface area contributed by atoms with Gasteiger partial charge >= 0.3 is 0 Å². The zero-order chi connectivity index (χ0) is 24.9. The number of nitrogens with one attached hydrogen (secondary N) is 1. The van der Waals surface area contributed by atoms with Crippen LogP contribution >= 0.6 is 0 Å². The standard InChI is InChI=1S/C31H34N2O3/c1-35-29-13-12-24(19-30(29)36-2)26(27-21-32-28-11-7-6-10-25(27)28)20-31(34)33-16-14-23(15-17-33)18-22-8-4-3-5-9-22/h3-13,19,21,23,26,32H,14-18,20H2,1-2H3. The molecule has 186 valence electrons. The number of para-hydroxylation sites is 1. The molecule has 1 N–H and O–H groups in total. The van der Waals surface area contributed by atoms with Gasteiger partial charge in [0.05, 0.1) is 14.2 Å². The van der Waals surface area contributed by atoms with Crippen LogP contribution in [0.25, 0.3) is 10.9 Å². The van der Waals surface area contributed by atoms with Crippen LogP contribution in [0.5, 0.6) is 11.5 Å². The first-order valence-electron chi connectivity index (χ1n) is 12.8. The molecule has 0 spiro atoms. The Morgan fingerprint density at radius 1 is 0.944 bits per heavy atom. The van der Waals surface area contributed by atoms with Gasteiger partial charge in [0.25, 0.3) is 0 Å². The summed E-state index contributed by atoms with van der Waals surface area (Å²) in [4.78, 5) is 19.1. The van der Waals surface area contributed by atoms with Crippen molar-refractivity contribution >= 4 is 16.8 Å². The fourth-order valence-corrected chi connectivity index (χ4v) is 5.50. The number of piperidine rings is 1. The number of nitrogens with zero attached hydrogens (tertiary/aromatic N) is 1. The van der Waals surface area contributed by atoms with Crippen LogP contribution in [0, 0.1) is 5.92 Å². The number of carbonyl (C=O) groups is 1. The third-order valence-corrected chi connectivity index (χ3v) is 7.52. The molecular formula is C31H34N2O3. The van der Waals surface area contributed by atoms with Crippen LogP contribution in [0.4, 0.5) is 0 Å². The number of benzene rings is 3. The summed E-state index contributed by atoms with van der Waals surface area (Å²) in [6, 6.07) is 24.9. The van der Waals surface area contributed by atoms with E-state index in [9.17, 15) is 4.79 Å². The van der Waals surface area contributed by atoms with Gasteiger partial charge in [-0.05, 0) is 60.1 Å². The Hall–Kier alpha value is -3.73. The van der Waals surface area contributed by atoms with Crippen molar-refractivity contribution in [2.45, 2.75) is 31.6 Å². The third-order valence-electron chi connectivity index (χ3n) is 7.52. The lowest BCUT2D eigenvalue weighted by atomic mass is 9.86. The summed E-state index contributed by atoms with van der Waals surface area (Å²) in [6.45, 7) is 1.64. The maximum Gasteiger partial charge on any atom is 0.223 e. The average Bonchev–Trinajstić information content (AvgIpc) is 3.36. The summed E-state index contributed by atoms with van der Waals surface area (Å²) in [5, 5.41) is 1.15. The molecule has 36 heavy (non-hydrogen) atoms. The summed E-state index contributed by atoms with van der Waals surface area (Å²) in [5.74, 6) is 2.11. The van der Waals surface area contributed by atoms with Gasteiger partial charge in [-0.2, -0.15) is 0 Å². The molecule has 0 radical (unpaired) electrons. The fraction of sp³-hybridized carbons (Fsp3) is 0.323. The number of hydrogen-bond acceptors (Lipinski definition) is 3. The molecule has 5 nitrogen and oxygen atoms in total. The Balaban J connectivity index is 1.36. The van der Waals surface area contributed by atoms with E-state index in [2.05, 4.69) is 52.3 Å². The SMILES string of the molecule is COc1ccc(C(CC(=O)N2CCC(Cc3ccccc3)CC2)c2c[nH]c3ccccc23)cc1OC. The minimum atomic E-state index is -0.0875. The molecule has 0 saturated carbocycles. The molecule has 0 bridgehead atoms. The van der Waals surface area contributed by atoms with Crippen molar-refractivity contribution in [2.24, 2.45) is 5.92 Å². The lowest BCUT2D eigenvalue weighted by molar-refractivity contribution is -0.132. The smallest absolute Gasteiger partial charge is 0.223 e. The Morgan fingerprint density at radius 2 is 1.67 bits per heavy atom. The Morgan fingerprint density at radius 3 is 2.42 bits per heavy atom. The van der Waals surface area contributed by atoms with Crippen LogP contribution in [0.15, 0.2) is 79.0 Å². The summed E-state index contributed by atoms with van der Waals surface area (Å²) in [5.41, 5.74) is 4.64. The van der Waals surface area contributed by atoms with Crippen LogP contribution in [0.2, 0.25) is 0 Å². The fourth-order valence-electron chi connectivity index (χ4n) is 5.50. The first kappa shape index (κ1) is 24.0. The number of likely N-dealkylation sites (tertiary alicyclic amines) is 1. The van der Waals surface area contributed by atoms with Crippen molar-refractivity contribution < 1.29 is 14.3 Å². The van der Waals surface area contributed by atoms with E-state index in [1.165, 1.54) is 5.56 Å². The molecule has 1 aromatic heterocycles. The number of amides is 1. The Labute approximate surface area is 213 Å². The van der Waals surface area contributed by atoms with E-state index in [1.54, 1.807) is 14.2 Å². The van der Waals surface area contributed by atoms with Gasteiger partial charge in [0.15, 0.2) is 11.5 Å². The number of rotatable bonds is 8. The molecular weight excluding hydrogens is 448 g/mol. The van der Waals surface area contributed by atoms with Gasteiger partial charge in [-0.1, -0.05) is 54.6 Å². The average molecular weight is 483 g/mol. The van der Waals surface area contributed by atoms with Crippen molar-refractivity contribution in [1.29, 1.82) is 0 Å². The van der Waals surface area contributed by atoms with E-state index in [0.29, 0.717) is 23.8 Å². The number of methoxy groups -OCH3 is 2. The minimum Gasteiger partial charge on any atom is -0.493 e. The molecule has 5 rings (SSSR count). The van der Waals surface area contributed by atoms with Gasteiger partial charge in [0.1, 0.15) is 0 Å². The highest BCUT2D eigenvalue weighted by atomic mass is 16.5.